The number of rotatable bonds is 7. The van der Waals surface area contributed by atoms with Crippen molar-refractivity contribution in [2.45, 2.75) is 58.6 Å². The number of furan rings is 1. The zero-order valence-corrected chi connectivity index (χ0v) is 12.5. The van der Waals surface area contributed by atoms with Crippen molar-refractivity contribution in [2.24, 2.45) is 0 Å². The molecule has 0 saturated heterocycles. The monoisotopic (exact) mass is 276 g/mol. The predicted octanol–water partition coefficient (Wildman–Crippen LogP) is 3.68. The van der Waals surface area contributed by atoms with Crippen LogP contribution in [-0.2, 0) is 12.8 Å². The fraction of sp³-hybridized carbons (Fsp3) is 0.562. The minimum Gasteiger partial charge on any atom is -0.463 e. The van der Waals surface area contributed by atoms with Gasteiger partial charge in [-0.25, -0.2) is 0 Å². The Hall–Kier alpha value is -1.55. The Kier molecular flexibility index (Phi) is 5.01. The molecule has 0 aliphatic rings. The molecular formula is C16H24N2O2. The van der Waals surface area contributed by atoms with Crippen molar-refractivity contribution in [2.75, 3.05) is 0 Å². The molecule has 1 N–H and O–H groups in total. The molecule has 4 heteroatoms. The van der Waals surface area contributed by atoms with Crippen LogP contribution in [0.4, 0.5) is 0 Å². The van der Waals surface area contributed by atoms with Gasteiger partial charge >= 0.3 is 0 Å². The van der Waals surface area contributed by atoms with E-state index >= 15 is 0 Å². The number of hydrogen-bond acceptors (Lipinski definition) is 3. The van der Waals surface area contributed by atoms with E-state index in [0.717, 1.165) is 30.7 Å². The molecule has 2 rings (SSSR count). The number of aryl methyl sites for hydroxylation is 1. The molecule has 4 nitrogen and oxygen atoms in total. The van der Waals surface area contributed by atoms with Crippen molar-refractivity contribution in [1.29, 1.82) is 0 Å². The summed E-state index contributed by atoms with van der Waals surface area (Å²) in [5.74, 6) is 1.53. The summed E-state index contributed by atoms with van der Waals surface area (Å²) in [6, 6.07) is 6.18. The van der Waals surface area contributed by atoms with Gasteiger partial charge in [-0.2, -0.15) is 5.10 Å². The van der Waals surface area contributed by atoms with E-state index in [9.17, 15) is 5.11 Å². The fourth-order valence-electron chi connectivity index (χ4n) is 2.41. The van der Waals surface area contributed by atoms with E-state index in [4.69, 9.17) is 4.42 Å². The second-order valence-electron chi connectivity index (χ2n) is 5.13. The highest BCUT2D eigenvalue weighted by Gasteiger charge is 2.15. The molecule has 2 aromatic rings. The van der Waals surface area contributed by atoms with Crippen molar-refractivity contribution in [3.05, 3.63) is 41.6 Å². The molecule has 0 spiro atoms. The summed E-state index contributed by atoms with van der Waals surface area (Å²) >= 11 is 0. The first kappa shape index (κ1) is 14.9. The van der Waals surface area contributed by atoms with Crippen molar-refractivity contribution in [3.63, 3.8) is 0 Å². The van der Waals surface area contributed by atoms with Gasteiger partial charge in [0.05, 0.1) is 11.7 Å². The average Bonchev–Trinajstić information content (AvgIpc) is 3.09. The third-order valence-corrected chi connectivity index (χ3v) is 3.74. The molecule has 1 unspecified atom stereocenters. The molecule has 110 valence electrons. The maximum atomic E-state index is 10.2. The summed E-state index contributed by atoms with van der Waals surface area (Å²) in [7, 11) is 0. The van der Waals surface area contributed by atoms with Crippen molar-refractivity contribution in [3.8, 4) is 0 Å². The average molecular weight is 276 g/mol. The van der Waals surface area contributed by atoms with Crippen molar-refractivity contribution < 1.29 is 9.52 Å². The minimum atomic E-state index is -0.625. The van der Waals surface area contributed by atoms with Gasteiger partial charge in [-0.15, -0.1) is 0 Å². The molecule has 0 bridgehead atoms. The van der Waals surface area contributed by atoms with Gasteiger partial charge in [0, 0.05) is 19.0 Å². The normalized spacial score (nSPS) is 13.1. The van der Waals surface area contributed by atoms with Crippen LogP contribution in [0.5, 0.6) is 0 Å². The summed E-state index contributed by atoms with van der Waals surface area (Å²) < 4.78 is 7.58. The third-order valence-electron chi connectivity index (χ3n) is 3.74. The summed E-state index contributed by atoms with van der Waals surface area (Å²) in [5, 5.41) is 14.8. The van der Waals surface area contributed by atoms with Gasteiger partial charge < -0.3 is 9.52 Å². The zero-order chi connectivity index (χ0) is 14.5. The summed E-state index contributed by atoms with van der Waals surface area (Å²) in [6.45, 7) is 6.37. The Morgan fingerprint density at radius 1 is 1.20 bits per heavy atom. The van der Waals surface area contributed by atoms with Crippen LogP contribution < -0.4 is 0 Å². The molecule has 0 aromatic carbocycles. The molecular weight excluding hydrogens is 252 g/mol. The van der Waals surface area contributed by atoms with Crippen LogP contribution in [0.25, 0.3) is 0 Å². The van der Waals surface area contributed by atoms with Crippen LogP contribution in [0.3, 0.4) is 0 Å². The first-order valence-corrected chi connectivity index (χ1v) is 7.48. The van der Waals surface area contributed by atoms with Gasteiger partial charge in [-0.05, 0) is 31.0 Å². The SMILES string of the molecule is CCc1ccc(C(O)Cc2ccn(C(CC)CC)n2)o1. The van der Waals surface area contributed by atoms with Crippen LogP contribution in [0, 0.1) is 0 Å². The number of hydrogen-bond donors (Lipinski definition) is 1. The van der Waals surface area contributed by atoms with E-state index in [0.29, 0.717) is 18.2 Å². The molecule has 0 saturated carbocycles. The molecule has 20 heavy (non-hydrogen) atoms. The van der Waals surface area contributed by atoms with Gasteiger partial charge in [0.2, 0.25) is 0 Å². The lowest BCUT2D eigenvalue weighted by atomic mass is 10.1. The van der Waals surface area contributed by atoms with E-state index in [1.165, 1.54) is 0 Å². The molecule has 2 heterocycles. The Balaban J connectivity index is 2.02. The summed E-state index contributed by atoms with van der Waals surface area (Å²) in [6.07, 6.45) is 4.84. The van der Waals surface area contributed by atoms with Crippen LogP contribution in [0.2, 0.25) is 0 Å². The second-order valence-corrected chi connectivity index (χ2v) is 5.13. The van der Waals surface area contributed by atoms with Crippen molar-refractivity contribution in [1.82, 2.24) is 9.78 Å². The predicted molar refractivity (Wildman–Crippen MR) is 78.6 cm³/mol. The highest BCUT2D eigenvalue weighted by molar-refractivity contribution is 5.12. The van der Waals surface area contributed by atoms with Crippen LogP contribution >= 0.6 is 0 Å². The lowest BCUT2D eigenvalue weighted by Crippen LogP contribution is -2.09. The largest absolute Gasteiger partial charge is 0.463 e. The van der Waals surface area contributed by atoms with Crippen LogP contribution in [0.1, 0.15) is 63.0 Å². The maximum absolute atomic E-state index is 10.2. The zero-order valence-electron chi connectivity index (χ0n) is 12.5. The van der Waals surface area contributed by atoms with Gasteiger partial charge in [0.25, 0.3) is 0 Å². The molecule has 1 atom stereocenters. The highest BCUT2D eigenvalue weighted by atomic mass is 16.4. The lowest BCUT2D eigenvalue weighted by Gasteiger charge is -2.12. The smallest absolute Gasteiger partial charge is 0.133 e. The first-order valence-electron chi connectivity index (χ1n) is 7.48. The number of aliphatic hydroxyl groups excluding tert-OH is 1. The maximum Gasteiger partial charge on any atom is 0.133 e. The van der Waals surface area contributed by atoms with Gasteiger partial charge in [-0.1, -0.05) is 20.8 Å². The van der Waals surface area contributed by atoms with Crippen LogP contribution in [-0.4, -0.2) is 14.9 Å². The molecule has 0 aliphatic heterocycles. The first-order chi connectivity index (χ1) is 9.67. The van der Waals surface area contributed by atoms with Gasteiger partial charge in [-0.3, -0.25) is 4.68 Å². The topological polar surface area (TPSA) is 51.2 Å². The van der Waals surface area contributed by atoms with E-state index in [-0.39, 0.29) is 0 Å². The Bertz CT molecular complexity index is 526. The molecule has 0 aliphatic carbocycles. The van der Waals surface area contributed by atoms with E-state index in [1.807, 2.05) is 36.0 Å². The molecule has 0 fully saturated rings. The second kappa shape index (κ2) is 6.75. The molecule has 0 amide bonds. The third kappa shape index (κ3) is 3.31. The lowest BCUT2D eigenvalue weighted by molar-refractivity contribution is 0.147. The van der Waals surface area contributed by atoms with Crippen LogP contribution in [0.15, 0.2) is 28.8 Å². The van der Waals surface area contributed by atoms with E-state index in [2.05, 4.69) is 18.9 Å². The Morgan fingerprint density at radius 3 is 2.55 bits per heavy atom. The van der Waals surface area contributed by atoms with Gasteiger partial charge in [0.1, 0.15) is 17.6 Å². The molecule has 0 radical (unpaired) electrons. The highest BCUT2D eigenvalue weighted by Crippen LogP contribution is 2.21. The Labute approximate surface area is 120 Å². The molecule has 2 aromatic heterocycles. The number of aliphatic hydroxyl groups is 1. The Morgan fingerprint density at radius 2 is 1.95 bits per heavy atom. The van der Waals surface area contributed by atoms with E-state index < -0.39 is 6.10 Å². The van der Waals surface area contributed by atoms with E-state index in [1.54, 1.807) is 0 Å². The fourth-order valence-corrected chi connectivity index (χ4v) is 2.41. The summed E-state index contributed by atoms with van der Waals surface area (Å²) in [4.78, 5) is 0. The summed E-state index contributed by atoms with van der Waals surface area (Å²) in [5.41, 5.74) is 0.902. The van der Waals surface area contributed by atoms with Crippen molar-refractivity contribution >= 4 is 0 Å². The standard InChI is InChI=1S/C16H24N2O2/c1-4-13(5-2)18-10-9-12(17-18)11-15(19)16-8-7-14(6-3)20-16/h7-10,13,15,19H,4-6,11H2,1-3H3. The minimum absolute atomic E-state index is 0.441. The number of nitrogens with zero attached hydrogens (tertiary/aromatic N) is 2. The quantitative estimate of drug-likeness (QED) is 0.839. The number of aromatic nitrogens is 2. The van der Waals surface area contributed by atoms with Gasteiger partial charge in [0.15, 0.2) is 0 Å².